The predicted molar refractivity (Wildman–Crippen MR) is 138 cm³/mol. The minimum Gasteiger partial charge on any atom is -0.497 e. The Morgan fingerprint density at radius 1 is 1.08 bits per heavy atom. The molecule has 190 valence electrons. The summed E-state index contributed by atoms with van der Waals surface area (Å²) < 4.78 is 27.6. The molecule has 0 aromatic heterocycles. The fourth-order valence-electron chi connectivity index (χ4n) is 3.60. The highest BCUT2D eigenvalue weighted by molar-refractivity contribution is 6.32. The SMILES string of the molecule is CCOc1cc(/C=C(/C#N)C(=O)NCc2ccc(OC)cc2)cc(Cl)c1OCc1ccc2c(c1)OCO2. The Bertz CT molecular complexity index is 1350. The minimum atomic E-state index is -0.504. The number of benzene rings is 3. The summed E-state index contributed by atoms with van der Waals surface area (Å²) in [6.45, 7) is 2.89. The molecule has 1 N–H and O–H groups in total. The van der Waals surface area contributed by atoms with E-state index in [1.165, 1.54) is 6.08 Å². The van der Waals surface area contributed by atoms with Gasteiger partial charge in [-0.25, -0.2) is 0 Å². The van der Waals surface area contributed by atoms with Crippen LogP contribution in [0.4, 0.5) is 0 Å². The molecule has 0 saturated heterocycles. The fraction of sp³-hybridized carbons (Fsp3) is 0.214. The Hall–Kier alpha value is -4.35. The molecule has 0 spiro atoms. The minimum absolute atomic E-state index is 0.0685. The highest BCUT2D eigenvalue weighted by Crippen LogP contribution is 2.39. The first kappa shape index (κ1) is 25.7. The zero-order valence-corrected chi connectivity index (χ0v) is 21.1. The van der Waals surface area contributed by atoms with E-state index >= 15 is 0 Å². The Kier molecular flexibility index (Phi) is 8.39. The number of amides is 1. The molecule has 0 fully saturated rings. The molecule has 4 rings (SSSR count). The summed E-state index contributed by atoms with van der Waals surface area (Å²) in [6.07, 6.45) is 1.46. The molecule has 0 unspecified atom stereocenters. The number of methoxy groups -OCH3 is 1. The van der Waals surface area contributed by atoms with Gasteiger partial charge in [-0.1, -0.05) is 29.8 Å². The quantitative estimate of drug-likeness (QED) is 0.287. The van der Waals surface area contributed by atoms with E-state index in [0.717, 1.165) is 16.9 Å². The average Bonchev–Trinajstić information content (AvgIpc) is 3.38. The van der Waals surface area contributed by atoms with Crippen molar-refractivity contribution in [2.75, 3.05) is 20.5 Å². The lowest BCUT2D eigenvalue weighted by Gasteiger charge is -2.15. The van der Waals surface area contributed by atoms with Gasteiger partial charge in [-0.05, 0) is 66.1 Å². The summed E-state index contributed by atoms with van der Waals surface area (Å²) in [4.78, 5) is 12.6. The van der Waals surface area contributed by atoms with Crippen LogP contribution >= 0.6 is 11.6 Å². The molecule has 0 saturated carbocycles. The normalized spacial score (nSPS) is 12.0. The molecule has 0 radical (unpaired) electrons. The van der Waals surface area contributed by atoms with Crippen LogP contribution < -0.4 is 29.0 Å². The number of hydrogen-bond acceptors (Lipinski definition) is 7. The average molecular weight is 521 g/mol. The number of nitrogens with zero attached hydrogens (tertiary/aromatic N) is 1. The number of nitrogens with one attached hydrogen (secondary N) is 1. The molecule has 1 aliphatic heterocycles. The maximum Gasteiger partial charge on any atom is 0.262 e. The second-order valence-corrected chi connectivity index (χ2v) is 8.35. The first-order valence-corrected chi connectivity index (χ1v) is 11.9. The van der Waals surface area contributed by atoms with Crippen molar-refractivity contribution >= 4 is 23.6 Å². The van der Waals surface area contributed by atoms with Gasteiger partial charge in [-0.15, -0.1) is 0 Å². The molecule has 8 nitrogen and oxygen atoms in total. The van der Waals surface area contributed by atoms with E-state index in [1.807, 2.05) is 43.3 Å². The van der Waals surface area contributed by atoms with E-state index in [2.05, 4.69) is 5.32 Å². The largest absolute Gasteiger partial charge is 0.497 e. The summed E-state index contributed by atoms with van der Waals surface area (Å²) in [7, 11) is 1.59. The van der Waals surface area contributed by atoms with Crippen molar-refractivity contribution in [2.45, 2.75) is 20.1 Å². The number of carbonyl (C=O) groups is 1. The van der Waals surface area contributed by atoms with Gasteiger partial charge in [0.2, 0.25) is 6.79 Å². The summed E-state index contributed by atoms with van der Waals surface area (Å²) in [5.41, 5.74) is 2.20. The van der Waals surface area contributed by atoms with E-state index < -0.39 is 5.91 Å². The standard InChI is InChI=1S/C28H25ClN2O6/c1-3-34-26-13-20(10-21(14-30)28(32)31-15-18-4-7-22(33-2)8-5-18)11-23(29)27(26)35-16-19-6-9-24-25(12-19)37-17-36-24/h4-13H,3,15-17H2,1-2H3,(H,31,32)/b21-10-. The number of ether oxygens (including phenoxy) is 5. The maximum atomic E-state index is 12.6. The molecule has 1 amide bonds. The van der Waals surface area contributed by atoms with Gasteiger partial charge in [0.25, 0.3) is 5.91 Å². The van der Waals surface area contributed by atoms with Gasteiger partial charge >= 0.3 is 0 Å². The second-order valence-electron chi connectivity index (χ2n) is 7.94. The molecule has 9 heteroatoms. The lowest BCUT2D eigenvalue weighted by Crippen LogP contribution is -2.23. The molecular weight excluding hydrogens is 496 g/mol. The summed E-state index contributed by atoms with van der Waals surface area (Å²) >= 11 is 6.53. The van der Waals surface area contributed by atoms with E-state index in [9.17, 15) is 10.1 Å². The Morgan fingerprint density at radius 3 is 2.57 bits per heavy atom. The molecule has 1 heterocycles. The van der Waals surface area contributed by atoms with E-state index in [1.54, 1.807) is 31.4 Å². The third-order valence-corrected chi connectivity index (χ3v) is 5.72. The van der Waals surface area contributed by atoms with Crippen LogP contribution in [0.25, 0.3) is 6.08 Å². The van der Waals surface area contributed by atoms with Crippen LogP contribution in [-0.2, 0) is 17.9 Å². The number of fused-ring (bicyclic) bond motifs is 1. The summed E-state index contributed by atoms with van der Waals surface area (Å²) in [5, 5.41) is 12.6. The van der Waals surface area contributed by atoms with Gasteiger partial charge in [0.15, 0.2) is 23.0 Å². The molecule has 37 heavy (non-hydrogen) atoms. The highest BCUT2D eigenvalue weighted by atomic mass is 35.5. The second kappa shape index (κ2) is 12.1. The van der Waals surface area contributed by atoms with E-state index in [0.29, 0.717) is 35.2 Å². The number of rotatable bonds is 10. The van der Waals surface area contributed by atoms with Crippen molar-refractivity contribution in [1.29, 1.82) is 5.26 Å². The molecule has 0 bridgehead atoms. The van der Waals surface area contributed by atoms with Crippen LogP contribution in [0.15, 0.2) is 60.2 Å². The van der Waals surface area contributed by atoms with Gasteiger partial charge in [-0.2, -0.15) is 5.26 Å². The molecule has 3 aromatic rings. The third kappa shape index (κ3) is 6.46. The van der Waals surface area contributed by atoms with Crippen LogP contribution in [-0.4, -0.2) is 26.4 Å². The van der Waals surface area contributed by atoms with Gasteiger partial charge in [0, 0.05) is 6.54 Å². The smallest absolute Gasteiger partial charge is 0.262 e. The maximum absolute atomic E-state index is 12.6. The van der Waals surface area contributed by atoms with Crippen molar-refractivity contribution in [3.63, 3.8) is 0 Å². The number of hydrogen-bond donors (Lipinski definition) is 1. The molecule has 1 aliphatic rings. The van der Waals surface area contributed by atoms with Crippen molar-refractivity contribution < 1.29 is 28.5 Å². The van der Waals surface area contributed by atoms with E-state index in [4.69, 9.17) is 35.3 Å². The van der Waals surface area contributed by atoms with Crippen LogP contribution in [0.2, 0.25) is 5.02 Å². The lowest BCUT2D eigenvalue weighted by atomic mass is 10.1. The van der Waals surface area contributed by atoms with Gasteiger partial charge in [0.05, 0.1) is 18.7 Å². The fourth-order valence-corrected chi connectivity index (χ4v) is 3.87. The Labute approximate surface area is 219 Å². The zero-order valence-electron chi connectivity index (χ0n) is 20.4. The molecular formula is C28H25ClN2O6. The van der Waals surface area contributed by atoms with Gasteiger partial charge < -0.3 is 29.0 Å². The first-order valence-electron chi connectivity index (χ1n) is 11.5. The van der Waals surface area contributed by atoms with Crippen molar-refractivity contribution in [3.05, 3.63) is 81.9 Å². The van der Waals surface area contributed by atoms with Gasteiger partial charge in [-0.3, -0.25) is 4.79 Å². The van der Waals surface area contributed by atoms with E-state index in [-0.39, 0.29) is 30.5 Å². The number of halogens is 1. The Balaban J connectivity index is 1.48. The third-order valence-electron chi connectivity index (χ3n) is 5.44. The van der Waals surface area contributed by atoms with Crippen LogP contribution in [0.5, 0.6) is 28.7 Å². The van der Waals surface area contributed by atoms with Gasteiger partial charge in [0.1, 0.15) is 24.0 Å². The number of carbonyl (C=O) groups excluding carboxylic acids is 1. The first-order chi connectivity index (χ1) is 18.0. The summed E-state index contributed by atoms with van der Waals surface area (Å²) in [6, 6.07) is 18.1. The number of nitriles is 1. The predicted octanol–water partition coefficient (Wildman–Crippen LogP) is 5.28. The molecule has 3 aromatic carbocycles. The van der Waals surface area contributed by atoms with Crippen LogP contribution in [0.1, 0.15) is 23.6 Å². The molecule has 0 atom stereocenters. The van der Waals surface area contributed by atoms with Crippen molar-refractivity contribution in [2.24, 2.45) is 0 Å². The summed E-state index contributed by atoms with van der Waals surface area (Å²) in [5.74, 6) is 2.33. The monoisotopic (exact) mass is 520 g/mol. The van der Waals surface area contributed by atoms with Crippen molar-refractivity contribution in [1.82, 2.24) is 5.32 Å². The van der Waals surface area contributed by atoms with Crippen molar-refractivity contribution in [3.8, 4) is 34.8 Å². The highest BCUT2D eigenvalue weighted by Gasteiger charge is 2.17. The Morgan fingerprint density at radius 2 is 1.84 bits per heavy atom. The van der Waals surface area contributed by atoms with Crippen LogP contribution in [0, 0.1) is 11.3 Å². The zero-order chi connectivity index (χ0) is 26.2. The molecule has 0 aliphatic carbocycles. The van der Waals surface area contributed by atoms with Crippen LogP contribution in [0.3, 0.4) is 0 Å². The topological polar surface area (TPSA) is 99.0 Å². The lowest BCUT2D eigenvalue weighted by molar-refractivity contribution is -0.117.